The molecule has 1 amide bonds. The molecule has 0 aliphatic carbocycles. The van der Waals surface area contributed by atoms with Crippen LogP contribution in [0.2, 0.25) is 0 Å². The molecule has 2 heterocycles. The van der Waals surface area contributed by atoms with Gasteiger partial charge in [-0.25, -0.2) is 0 Å². The van der Waals surface area contributed by atoms with E-state index in [-0.39, 0.29) is 18.1 Å². The molecule has 0 radical (unpaired) electrons. The highest BCUT2D eigenvalue weighted by Crippen LogP contribution is 2.59. The Morgan fingerprint density at radius 2 is 1.55 bits per heavy atom. The van der Waals surface area contributed by atoms with Gasteiger partial charge >= 0.3 is 0 Å². The van der Waals surface area contributed by atoms with E-state index in [1.807, 2.05) is 60.4 Å². The Morgan fingerprint density at radius 3 is 2.10 bits per heavy atom. The Morgan fingerprint density at radius 1 is 1.00 bits per heavy atom. The van der Waals surface area contributed by atoms with Crippen molar-refractivity contribution in [2.75, 3.05) is 4.90 Å². The van der Waals surface area contributed by atoms with Gasteiger partial charge in [-0.05, 0) is 24.6 Å². The minimum absolute atomic E-state index is 0.000156. The first-order chi connectivity index (χ1) is 9.75. The standard InChI is InChI=1S/C17H15NO2/c1-12-17(20-12)15(13-8-4-2-5-9-13)18(16(17)19)14-10-6-3-7-11-14/h2-12,15H,1H3. The van der Waals surface area contributed by atoms with Crippen LogP contribution in [0.4, 0.5) is 5.69 Å². The predicted octanol–water partition coefficient (Wildman–Crippen LogP) is 2.93. The number of carbonyl (C=O) groups excluding carboxylic acids is 1. The maximum atomic E-state index is 12.5. The molecule has 2 saturated heterocycles. The second-order valence-corrected chi connectivity index (χ2v) is 5.38. The predicted molar refractivity (Wildman–Crippen MR) is 76.4 cm³/mol. The molecule has 0 saturated carbocycles. The van der Waals surface area contributed by atoms with Gasteiger partial charge in [0, 0.05) is 5.69 Å². The van der Waals surface area contributed by atoms with Crippen LogP contribution in [0.3, 0.4) is 0 Å². The lowest BCUT2D eigenvalue weighted by atomic mass is 9.79. The summed E-state index contributed by atoms with van der Waals surface area (Å²) in [5.41, 5.74) is 1.43. The summed E-state index contributed by atoms with van der Waals surface area (Å²) in [4.78, 5) is 14.4. The molecular formula is C17H15NO2. The van der Waals surface area contributed by atoms with Crippen LogP contribution >= 0.6 is 0 Å². The molecule has 20 heavy (non-hydrogen) atoms. The SMILES string of the molecule is CC1OC12C(=O)N(c1ccccc1)C2c1ccccc1. The molecule has 2 aliphatic rings. The Labute approximate surface area is 117 Å². The first-order valence-electron chi connectivity index (χ1n) is 6.86. The van der Waals surface area contributed by atoms with Crippen molar-refractivity contribution < 1.29 is 9.53 Å². The van der Waals surface area contributed by atoms with E-state index in [9.17, 15) is 4.79 Å². The average molecular weight is 265 g/mol. The van der Waals surface area contributed by atoms with Crippen LogP contribution < -0.4 is 4.90 Å². The van der Waals surface area contributed by atoms with E-state index in [2.05, 4.69) is 12.1 Å². The summed E-state index contributed by atoms with van der Waals surface area (Å²) in [7, 11) is 0. The van der Waals surface area contributed by atoms with Crippen molar-refractivity contribution in [1.82, 2.24) is 0 Å². The molecule has 3 heteroatoms. The van der Waals surface area contributed by atoms with E-state index < -0.39 is 5.60 Å². The fourth-order valence-corrected chi connectivity index (χ4v) is 3.20. The summed E-state index contributed by atoms with van der Waals surface area (Å²) in [5.74, 6) is 0.0741. The van der Waals surface area contributed by atoms with Gasteiger partial charge < -0.3 is 4.74 Å². The molecule has 3 nitrogen and oxygen atoms in total. The van der Waals surface area contributed by atoms with Crippen LogP contribution in [0, 0.1) is 0 Å². The molecule has 4 rings (SSSR count). The van der Waals surface area contributed by atoms with Crippen LogP contribution in [-0.2, 0) is 9.53 Å². The maximum absolute atomic E-state index is 12.5. The van der Waals surface area contributed by atoms with Crippen molar-refractivity contribution >= 4 is 11.6 Å². The zero-order valence-corrected chi connectivity index (χ0v) is 11.2. The van der Waals surface area contributed by atoms with Crippen LogP contribution in [-0.4, -0.2) is 17.6 Å². The van der Waals surface area contributed by atoms with Gasteiger partial charge in [-0.15, -0.1) is 0 Å². The highest BCUT2D eigenvalue weighted by atomic mass is 16.6. The highest BCUT2D eigenvalue weighted by Gasteiger charge is 2.76. The number of para-hydroxylation sites is 1. The monoisotopic (exact) mass is 265 g/mol. The summed E-state index contributed by atoms with van der Waals surface area (Å²) < 4.78 is 5.68. The summed E-state index contributed by atoms with van der Waals surface area (Å²) >= 11 is 0. The van der Waals surface area contributed by atoms with E-state index >= 15 is 0 Å². The Kier molecular flexibility index (Phi) is 2.30. The fourth-order valence-electron chi connectivity index (χ4n) is 3.20. The average Bonchev–Trinajstić information content (AvgIpc) is 3.20. The lowest BCUT2D eigenvalue weighted by Crippen LogP contribution is -2.63. The second-order valence-electron chi connectivity index (χ2n) is 5.38. The number of amides is 1. The highest BCUT2D eigenvalue weighted by molar-refractivity contribution is 6.10. The molecule has 0 aromatic heterocycles. The first kappa shape index (κ1) is 11.7. The molecule has 3 atom stereocenters. The number of hydrogen-bond acceptors (Lipinski definition) is 2. The molecule has 3 unspecified atom stereocenters. The van der Waals surface area contributed by atoms with Crippen LogP contribution in [0.1, 0.15) is 18.5 Å². The van der Waals surface area contributed by atoms with E-state index in [0.29, 0.717) is 0 Å². The van der Waals surface area contributed by atoms with Gasteiger partial charge in [-0.2, -0.15) is 0 Å². The first-order valence-corrected chi connectivity index (χ1v) is 6.86. The van der Waals surface area contributed by atoms with Gasteiger partial charge in [0.25, 0.3) is 5.91 Å². The lowest BCUT2D eigenvalue weighted by Gasteiger charge is -2.46. The fraction of sp³-hybridized carbons (Fsp3) is 0.235. The topological polar surface area (TPSA) is 32.8 Å². The molecule has 2 aromatic rings. The Balaban J connectivity index is 1.78. The molecule has 0 bridgehead atoms. The molecule has 0 N–H and O–H groups in total. The van der Waals surface area contributed by atoms with Crippen molar-refractivity contribution in [1.29, 1.82) is 0 Å². The van der Waals surface area contributed by atoms with Crippen molar-refractivity contribution in [2.24, 2.45) is 0 Å². The normalized spacial score (nSPS) is 31.2. The smallest absolute Gasteiger partial charge is 0.265 e. The number of β-lactam (4-membered cyclic amide) rings is 1. The maximum Gasteiger partial charge on any atom is 0.265 e. The van der Waals surface area contributed by atoms with Crippen molar-refractivity contribution in [3.63, 3.8) is 0 Å². The minimum atomic E-state index is -0.628. The summed E-state index contributed by atoms with van der Waals surface area (Å²) in [6.45, 7) is 1.97. The molecule has 1 spiro atoms. The largest absolute Gasteiger partial charge is 0.353 e. The van der Waals surface area contributed by atoms with Crippen molar-refractivity contribution in [2.45, 2.75) is 24.7 Å². The van der Waals surface area contributed by atoms with Gasteiger partial charge in [0.2, 0.25) is 0 Å². The third-order valence-electron chi connectivity index (χ3n) is 4.29. The van der Waals surface area contributed by atoms with E-state index in [4.69, 9.17) is 4.74 Å². The molecular weight excluding hydrogens is 250 g/mol. The Hall–Kier alpha value is -2.13. The molecule has 2 fully saturated rings. The number of ether oxygens (including phenoxy) is 1. The number of epoxide rings is 1. The summed E-state index contributed by atoms with van der Waals surface area (Å²) in [6, 6.07) is 19.9. The number of benzene rings is 2. The summed E-state index contributed by atoms with van der Waals surface area (Å²) in [5, 5.41) is 0. The zero-order valence-electron chi connectivity index (χ0n) is 11.2. The quantitative estimate of drug-likeness (QED) is 0.618. The van der Waals surface area contributed by atoms with Gasteiger partial charge in [-0.3, -0.25) is 9.69 Å². The zero-order chi connectivity index (χ0) is 13.7. The lowest BCUT2D eigenvalue weighted by molar-refractivity contribution is -0.132. The molecule has 100 valence electrons. The van der Waals surface area contributed by atoms with E-state index in [1.165, 1.54) is 0 Å². The number of carbonyl (C=O) groups is 1. The van der Waals surface area contributed by atoms with E-state index in [1.54, 1.807) is 0 Å². The molecule has 2 aliphatic heterocycles. The van der Waals surface area contributed by atoms with Crippen LogP contribution in [0.25, 0.3) is 0 Å². The molecule has 2 aromatic carbocycles. The van der Waals surface area contributed by atoms with Gasteiger partial charge in [-0.1, -0.05) is 48.5 Å². The third-order valence-corrected chi connectivity index (χ3v) is 4.29. The van der Waals surface area contributed by atoms with Gasteiger partial charge in [0.05, 0.1) is 6.10 Å². The number of anilines is 1. The number of hydrogen-bond donors (Lipinski definition) is 0. The van der Waals surface area contributed by atoms with Gasteiger partial charge in [0.1, 0.15) is 6.04 Å². The summed E-state index contributed by atoms with van der Waals surface area (Å²) in [6.07, 6.45) is 0.000156. The third kappa shape index (κ3) is 1.36. The van der Waals surface area contributed by atoms with Crippen molar-refractivity contribution in [3.05, 3.63) is 66.2 Å². The van der Waals surface area contributed by atoms with Crippen LogP contribution in [0.5, 0.6) is 0 Å². The Bertz CT molecular complexity index is 655. The van der Waals surface area contributed by atoms with Crippen molar-refractivity contribution in [3.8, 4) is 0 Å². The number of nitrogens with zero attached hydrogens (tertiary/aromatic N) is 1. The second kappa shape index (κ2) is 3.93. The van der Waals surface area contributed by atoms with E-state index in [0.717, 1.165) is 11.3 Å². The van der Waals surface area contributed by atoms with Gasteiger partial charge in [0.15, 0.2) is 5.60 Å². The minimum Gasteiger partial charge on any atom is -0.353 e. The van der Waals surface area contributed by atoms with Crippen LogP contribution in [0.15, 0.2) is 60.7 Å². The number of rotatable bonds is 2.